The minimum Gasteiger partial charge on any atom is -0.393 e. The van der Waals surface area contributed by atoms with E-state index in [1.54, 1.807) is 24.5 Å². The third-order valence-electron chi connectivity index (χ3n) is 2.70. The van der Waals surface area contributed by atoms with Crippen molar-refractivity contribution in [3.05, 3.63) is 30.1 Å². The van der Waals surface area contributed by atoms with Crippen molar-refractivity contribution in [2.45, 2.75) is 18.9 Å². The lowest BCUT2D eigenvalue weighted by molar-refractivity contribution is 0.0420. The molecule has 2 N–H and O–H groups in total. The summed E-state index contributed by atoms with van der Waals surface area (Å²) < 4.78 is 0. The Morgan fingerprint density at radius 2 is 2.13 bits per heavy atom. The van der Waals surface area contributed by atoms with E-state index in [0.29, 0.717) is 18.0 Å². The van der Waals surface area contributed by atoms with Crippen LogP contribution in [0.25, 0.3) is 0 Å². The highest BCUT2D eigenvalue weighted by Crippen LogP contribution is 2.26. The fraction of sp³-hybridized carbons (Fsp3) is 0.455. The maximum atomic E-state index is 11.6. The van der Waals surface area contributed by atoms with Crippen LogP contribution in [0, 0.1) is 5.92 Å². The van der Waals surface area contributed by atoms with Gasteiger partial charge in [-0.3, -0.25) is 9.78 Å². The van der Waals surface area contributed by atoms with Gasteiger partial charge in [0.05, 0.1) is 6.10 Å². The Hall–Kier alpha value is -1.42. The van der Waals surface area contributed by atoms with Crippen LogP contribution >= 0.6 is 0 Å². The highest BCUT2D eigenvalue weighted by molar-refractivity contribution is 5.93. The van der Waals surface area contributed by atoms with E-state index in [0.717, 1.165) is 12.8 Å². The molecular weight excluding hydrogens is 192 g/mol. The van der Waals surface area contributed by atoms with Crippen LogP contribution < -0.4 is 5.32 Å². The van der Waals surface area contributed by atoms with Gasteiger partial charge < -0.3 is 10.4 Å². The van der Waals surface area contributed by atoms with Crippen LogP contribution in [-0.2, 0) is 0 Å². The zero-order valence-electron chi connectivity index (χ0n) is 8.39. The number of hydrogen-bond donors (Lipinski definition) is 2. The normalized spacial score (nSPS) is 24.3. The van der Waals surface area contributed by atoms with Crippen molar-refractivity contribution in [1.29, 1.82) is 0 Å². The third-order valence-corrected chi connectivity index (χ3v) is 2.70. The number of carbonyl (C=O) groups excluding carboxylic acids is 1. The van der Waals surface area contributed by atoms with Crippen molar-refractivity contribution < 1.29 is 9.90 Å². The molecule has 80 valence electrons. The van der Waals surface area contributed by atoms with Gasteiger partial charge in [0.1, 0.15) is 0 Å². The molecule has 1 aliphatic rings. The van der Waals surface area contributed by atoms with Gasteiger partial charge in [0.25, 0.3) is 5.91 Å². The number of nitrogens with zero attached hydrogens (tertiary/aromatic N) is 1. The summed E-state index contributed by atoms with van der Waals surface area (Å²) in [6.45, 7) is 0.651. The molecule has 1 fully saturated rings. The first-order chi connectivity index (χ1) is 7.25. The summed E-state index contributed by atoms with van der Waals surface area (Å²) in [4.78, 5) is 15.4. The highest BCUT2D eigenvalue weighted by Gasteiger charge is 2.27. The fourth-order valence-corrected chi connectivity index (χ4v) is 1.71. The standard InChI is InChI=1S/C11H14N2O2/c14-10-5-8(6-10)7-13-11(15)9-1-3-12-4-2-9/h1-4,8,10,14H,5-7H2,(H,13,15). The molecule has 1 heterocycles. The van der Waals surface area contributed by atoms with Crippen molar-refractivity contribution in [3.8, 4) is 0 Å². The molecule has 0 unspecified atom stereocenters. The minimum atomic E-state index is -0.159. The Balaban J connectivity index is 1.78. The smallest absolute Gasteiger partial charge is 0.251 e. The number of nitrogens with one attached hydrogen (secondary N) is 1. The quantitative estimate of drug-likeness (QED) is 0.760. The number of aliphatic hydroxyl groups is 1. The summed E-state index contributed by atoms with van der Waals surface area (Å²) in [6.07, 6.45) is 4.64. The minimum absolute atomic E-state index is 0.0706. The van der Waals surface area contributed by atoms with Crippen LogP contribution in [0.15, 0.2) is 24.5 Å². The van der Waals surface area contributed by atoms with Crippen molar-refractivity contribution in [1.82, 2.24) is 10.3 Å². The Bertz CT molecular complexity index is 334. The number of pyridine rings is 1. The molecule has 0 aromatic carbocycles. The van der Waals surface area contributed by atoms with Gasteiger partial charge in [0.2, 0.25) is 0 Å². The zero-order chi connectivity index (χ0) is 10.7. The molecule has 0 atom stereocenters. The van der Waals surface area contributed by atoms with E-state index < -0.39 is 0 Å². The van der Waals surface area contributed by atoms with E-state index >= 15 is 0 Å². The second-order valence-electron chi connectivity index (χ2n) is 3.94. The number of carbonyl (C=O) groups is 1. The summed E-state index contributed by atoms with van der Waals surface area (Å²) in [5.41, 5.74) is 0.630. The Labute approximate surface area is 88.3 Å². The van der Waals surface area contributed by atoms with Crippen molar-refractivity contribution in [2.24, 2.45) is 5.92 Å². The van der Waals surface area contributed by atoms with Crippen molar-refractivity contribution >= 4 is 5.91 Å². The first kappa shape index (κ1) is 10.1. The van der Waals surface area contributed by atoms with Gasteiger partial charge >= 0.3 is 0 Å². The topological polar surface area (TPSA) is 62.2 Å². The molecule has 0 spiro atoms. The molecule has 1 saturated carbocycles. The van der Waals surface area contributed by atoms with Crippen LogP contribution in [0.2, 0.25) is 0 Å². The van der Waals surface area contributed by atoms with Crippen molar-refractivity contribution in [3.63, 3.8) is 0 Å². The second-order valence-corrected chi connectivity index (χ2v) is 3.94. The van der Waals surface area contributed by atoms with Gasteiger partial charge in [0.15, 0.2) is 0 Å². The lowest BCUT2D eigenvalue weighted by Gasteiger charge is -2.31. The summed E-state index contributed by atoms with van der Waals surface area (Å²) in [5.74, 6) is 0.365. The summed E-state index contributed by atoms with van der Waals surface area (Å²) in [5, 5.41) is 11.9. The van der Waals surface area contributed by atoms with E-state index in [1.807, 2.05) is 0 Å². The number of amides is 1. The Morgan fingerprint density at radius 1 is 1.47 bits per heavy atom. The van der Waals surface area contributed by atoms with Crippen molar-refractivity contribution in [2.75, 3.05) is 6.54 Å². The van der Waals surface area contributed by atoms with E-state index in [1.165, 1.54) is 0 Å². The van der Waals surface area contributed by atoms with Gasteiger partial charge in [-0.1, -0.05) is 0 Å². The van der Waals surface area contributed by atoms with Crippen LogP contribution in [0.4, 0.5) is 0 Å². The van der Waals surface area contributed by atoms with Gasteiger partial charge in [-0.05, 0) is 30.9 Å². The fourth-order valence-electron chi connectivity index (χ4n) is 1.71. The molecule has 1 amide bonds. The molecule has 0 radical (unpaired) electrons. The van der Waals surface area contributed by atoms with Gasteiger partial charge in [-0.2, -0.15) is 0 Å². The number of hydrogen-bond acceptors (Lipinski definition) is 3. The largest absolute Gasteiger partial charge is 0.393 e. The molecule has 4 nitrogen and oxygen atoms in total. The molecule has 0 bridgehead atoms. The predicted octanol–water partition coefficient (Wildman–Crippen LogP) is 0.582. The first-order valence-electron chi connectivity index (χ1n) is 5.12. The monoisotopic (exact) mass is 206 g/mol. The van der Waals surface area contributed by atoms with E-state index in [4.69, 9.17) is 5.11 Å². The number of aromatic nitrogens is 1. The van der Waals surface area contributed by atoms with Crippen LogP contribution in [0.3, 0.4) is 0 Å². The van der Waals surface area contributed by atoms with E-state index in [9.17, 15) is 4.79 Å². The molecule has 2 rings (SSSR count). The number of aliphatic hydroxyl groups excluding tert-OH is 1. The molecule has 15 heavy (non-hydrogen) atoms. The molecule has 4 heteroatoms. The average Bonchev–Trinajstić information content (AvgIpc) is 2.23. The van der Waals surface area contributed by atoms with Crippen LogP contribution in [-0.4, -0.2) is 28.6 Å². The SMILES string of the molecule is O=C(NCC1CC(O)C1)c1ccncc1. The third kappa shape index (κ3) is 2.53. The Morgan fingerprint density at radius 3 is 2.73 bits per heavy atom. The van der Waals surface area contributed by atoms with Crippen LogP contribution in [0.5, 0.6) is 0 Å². The summed E-state index contributed by atoms with van der Waals surface area (Å²) in [6, 6.07) is 3.37. The maximum absolute atomic E-state index is 11.6. The highest BCUT2D eigenvalue weighted by atomic mass is 16.3. The van der Waals surface area contributed by atoms with E-state index in [2.05, 4.69) is 10.3 Å². The summed E-state index contributed by atoms with van der Waals surface area (Å²) in [7, 11) is 0. The van der Waals surface area contributed by atoms with Gasteiger partial charge in [-0.25, -0.2) is 0 Å². The lowest BCUT2D eigenvalue weighted by atomic mass is 9.82. The summed E-state index contributed by atoms with van der Waals surface area (Å²) >= 11 is 0. The molecule has 1 aromatic heterocycles. The molecule has 1 aromatic rings. The second kappa shape index (κ2) is 4.40. The number of rotatable bonds is 3. The van der Waals surface area contributed by atoms with E-state index in [-0.39, 0.29) is 12.0 Å². The molecule has 0 aliphatic heterocycles. The lowest BCUT2D eigenvalue weighted by Crippen LogP contribution is -2.38. The predicted molar refractivity (Wildman–Crippen MR) is 55.3 cm³/mol. The Kier molecular flexibility index (Phi) is 2.97. The van der Waals surface area contributed by atoms with Crippen LogP contribution in [0.1, 0.15) is 23.2 Å². The average molecular weight is 206 g/mol. The maximum Gasteiger partial charge on any atom is 0.251 e. The first-order valence-corrected chi connectivity index (χ1v) is 5.12. The molecular formula is C11H14N2O2. The zero-order valence-corrected chi connectivity index (χ0v) is 8.39. The molecule has 0 saturated heterocycles. The molecule has 1 aliphatic carbocycles. The van der Waals surface area contributed by atoms with Gasteiger partial charge in [0, 0.05) is 24.5 Å². The van der Waals surface area contributed by atoms with Gasteiger partial charge in [-0.15, -0.1) is 0 Å².